The third kappa shape index (κ3) is 2.33. The predicted octanol–water partition coefficient (Wildman–Crippen LogP) is 2.24. The first-order valence-corrected chi connectivity index (χ1v) is 4.42. The quantitative estimate of drug-likeness (QED) is 0.618. The fourth-order valence-electron chi connectivity index (χ4n) is 0.976. The van der Waals surface area contributed by atoms with E-state index in [4.69, 9.17) is 16.7 Å². The Morgan fingerprint density at radius 2 is 1.79 bits per heavy atom. The molecule has 0 fully saturated rings. The Morgan fingerprint density at radius 1 is 1.29 bits per heavy atom. The highest BCUT2D eigenvalue weighted by Gasteiger charge is 2.21. The van der Waals surface area contributed by atoms with E-state index in [-0.39, 0.29) is 0 Å². The van der Waals surface area contributed by atoms with Gasteiger partial charge in [0.25, 0.3) is 0 Å². The molecule has 14 heavy (non-hydrogen) atoms. The molecular weight excluding hydrogens is 204 g/mol. The second-order valence-electron chi connectivity index (χ2n) is 2.93. The Hall–Kier alpha value is -1.35. The number of carboxylic acids is 1. The maximum atomic E-state index is 11.5. The molecule has 0 aliphatic heterocycles. The molecule has 0 saturated carbocycles. The van der Waals surface area contributed by atoms with Crippen LogP contribution in [0.25, 0.3) is 0 Å². The van der Waals surface area contributed by atoms with Crippen LogP contribution in [0.2, 0.25) is 5.02 Å². The number of halogens is 1. The Labute approximate surface area is 86.3 Å². The van der Waals surface area contributed by atoms with Crippen molar-refractivity contribution in [2.24, 2.45) is 5.92 Å². The van der Waals surface area contributed by atoms with Crippen molar-refractivity contribution in [3.63, 3.8) is 0 Å². The fourth-order valence-corrected chi connectivity index (χ4v) is 1.10. The van der Waals surface area contributed by atoms with Crippen LogP contribution in [0.5, 0.6) is 0 Å². The second kappa shape index (κ2) is 4.24. The SMILES string of the molecule is CC(C(=O)O)C(=O)c1ccc(Cl)cc1. The molecule has 1 aromatic rings. The van der Waals surface area contributed by atoms with E-state index in [0.717, 1.165) is 0 Å². The van der Waals surface area contributed by atoms with E-state index in [1.807, 2.05) is 0 Å². The Bertz CT molecular complexity index is 356. The summed E-state index contributed by atoms with van der Waals surface area (Å²) in [6.45, 7) is 1.36. The minimum absolute atomic E-state index is 0.365. The van der Waals surface area contributed by atoms with Crippen molar-refractivity contribution in [2.45, 2.75) is 6.92 Å². The second-order valence-corrected chi connectivity index (χ2v) is 3.37. The molecule has 1 unspecified atom stereocenters. The molecule has 74 valence electrons. The first kappa shape index (κ1) is 10.7. The van der Waals surface area contributed by atoms with Crippen LogP contribution in [0.4, 0.5) is 0 Å². The van der Waals surface area contributed by atoms with Crippen LogP contribution in [0.15, 0.2) is 24.3 Å². The van der Waals surface area contributed by atoms with E-state index in [2.05, 4.69) is 0 Å². The predicted molar refractivity (Wildman–Crippen MR) is 52.6 cm³/mol. The van der Waals surface area contributed by atoms with Gasteiger partial charge in [0.15, 0.2) is 5.78 Å². The third-order valence-electron chi connectivity index (χ3n) is 1.89. The van der Waals surface area contributed by atoms with E-state index < -0.39 is 17.7 Å². The minimum atomic E-state index is -1.12. The zero-order valence-electron chi connectivity index (χ0n) is 7.53. The summed E-state index contributed by atoms with van der Waals surface area (Å²) in [5, 5.41) is 9.14. The number of rotatable bonds is 3. The van der Waals surface area contributed by atoms with E-state index in [1.54, 1.807) is 12.1 Å². The van der Waals surface area contributed by atoms with Gasteiger partial charge in [0, 0.05) is 10.6 Å². The van der Waals surface area contributed by atoms with Crippen LogP contribution in [0, 0.1) is 5.92 Å². The fraction of sp³-hybridized carbons (Fsp3) is 0.200. The molecule has 0 aliphatic carbocycles. The first-order valence-electron chi connectivity index (χ1n) is 4.05. The summed E-state index contributed by atoms with van der Waals surface area (Å²) in [7, 11) is 0. The normalized spacial score (nSPS) is 12.1. The molecule has 0 saturated heterocycles. The van der Waals surface area contributed by atoms with E-state index in [9.17, 15) is 9.59 Å². The van der Waals surface area contributed by atoms with Crippen molar-refractivity contribution in [1.29, 1.82) is 0 Å². The Kier molecular flexibility index (Phi) is 3.25. The Balaban J connectivity index is 2.90. The van der Waals surface area contributed by atoms with E-state index in [1.165, 1.54) is 19.1 Å². The zero-order chi connectivity index (χ0) is 10.7. The summed E-state index contributed by atoms with van der Waals surface area (Å²) in [4.78, 5) is 22.0. The van der Waals surface area contributed by atoms with Crippen LogP contribution in [-0.4, -0.2) is 16.9 Å². The summed E-state index contributed by atoms with van der Waals surface area (Å²) in [6.07, 6.45) is 0. The van der Waals surface area contributed by atoms with Gasteiger partial charge in [-0.25, -0.2) is 0 Å². The van der Waals surface area contributed by atoms with Crippen LogP contribution in [-0.2, 0) is 4.79 Å². The smallest absolute Gasteiger partial charge is 0.314 e. The molecule has 4 heteroatoms. The van der Waals surface area contributed by atoms with Crippen LogP contribution < -0.4 is 0 Å². The monoisotopic (exact) mass is 212 g/mol. The van der Waals surface area contributed by atoms with Crippen LogP contribution >= 0.6 is 11.6 Å². The summed E-state index contributed by atoms with van der Waals surface area (Å²) >= 11 is 5.63. The molecule has 0 aliphatic rings. The molecule has 0 radical (unpaired) electrons. The molecule has 0 amide bonds. The molecule has 0 bridgehead atoms. The van der Waals surface area contributed by atoms with Crippen molar-refractivity contribution >= 4 is 23.4 Å². The maximum Gasteiger partial charge on any atom is 0.314 e. The van der Waals surface area contributed by atoms with Gasteiger partial charge in [0.05, 0.1) is 0 Å². The standard InChI is InChI=1S/C10H9ClO3/c1-6(10(13)14)9(12)7-2-4-8(11)5-3-7/h2-6H,1H3,(H,13,14). The number of Topliss-reactive ketones (excluding diaryl/α,β-unsaturated/α-hetero) is 1. The number of benzene rings is 1. The molecule has 1 N–H and O–H groups in total. The topological polar surface area (TPSA) is 54.4 Å². The van der Waals surface area contributed by atoms with Gasteiger partial charge in [-0.2, -0.15) is 0 Å². The highest BCUT2D eigenvalue weighted by molar-refractivity contribution is 6.30. The van der Waals surface area contributed by atoms with E-state index >= 15 is 0 Å². The molecule has 0 spiro atoms. The number of carboxylic acid groups (broad SMARTS) is 1. The van der Waals surface area contributed by atoms with Crippen molar-refractivity contribution in [3.05, 3.63) is 34.9 Å². The van der Waals surface area contributed by atoms with Crippen molar-refractivity contribution in [1.82, 2.24) is 0 Å². The van der Waals surface area contributed by atoms with Gasteiger partial charge in [-0.15, -0.1) is 0 Å². The lowest BCUT2D eigenvalue weighted by molar-refractivity contribution is -0.139. The molecule has 1 rings (SSSR count). The summed E-state index contributed by atoms with van der Waals surface area (Å²) in [5.41, 5.74) is 0.365. The summed E-state index contributed by atoms with van der Waals surface area (Å²) in [5.74, 6) is -2.55. The molecular formula is C10H9ClO3. The van der Waals surface area contributed by atoms with Crippen LogP contribution in [0.3, 0.4) is 0 Å². The van der Waals surface area contributed by atoms with Crippen molar-refractivity contribution in [2.75, 3.05) is 0 Å². The van der Waals surface area contributed by atoms with Gasteiger partial charge < -0.3 is 5.11 Å². The third-order valence-corrected chi connectivity index (χ3v) is 2.14. The lowest BCUT2D eigenvalue weighted by Crippen LogP contribution is -2.20. The van der Waals surface area contributed by atoms with Gasteiger partial charge in [0.2, 0.25) is 0 Å². The van der Waals surface area contributed by atoms with E-state index in [0.29, 0.717) is 10.6 Å². The Morgan fingerprint density at radius 3 is 2.21 bits per heavy atom. The molecule has 3 nitrogen and oxygen atoms in total. The van der Waals surface area contributed by atoms with Crippen molar-refractivity contribution in [3.8, 4) is 0 Å². The number of hydrogen-bond acceptors (Lipinski definition) is 2. The van der Waals surface area contributed by atoms with Gasteiger partial charge in [0.1, 0.15) is 5.92 Å². The number of carbonyl (C=O) groups excluding carboxylic acids is 1. The summed E-state index contributed by atoms with van der Waals surface area (Å²) in [6, 6.07) is 6.15. The number of carbonyl (C=O) groups is 2. The highest BCUT2D eigenvalue weighted by Crippen LogP contribution is 2.13. The van der Waals surface area contributed by atoms with Gasteiger partial charge in [-0.05, 0) is 31.2 Å². The average molecular weight is 213 g/mol. The van der Waals surface area contributed by atoms with Crippen LogP contribution in [0.1, 0.15) is 17.3 Å². The first-order chi connectivity index (χ1) is 6.52. The van der Waals surface area contributed by atoms with Gasteiger partial charge in [-0.1, -0.05) is 11.6 Å². The average Bonchev–Trinajstić information content (AvgIpc) is 2.16. The lowest BCUT2D eigenvalue weighted by Gasteiger charge is -2.04. The number of aliphatic carboxylic acids is 1. The van der Waals surface area contributed by atoms with Crippen molar-refractivity contribution < 1.29 is 14.7 Å². The zero-order valence-corrected chi connectivity index (χ0v) is 8.28. The van der Waals surface area contributed by atoms with Gasteiger partial charge in [-0.3, -0.25) is 9.59 Å². The number of hydrogen-bond donors (Lipinski definition) is 1. The van der Waals surface area contributed by atoms with Gasteiger partial charge >= 0.3 is 5.97 Å². The lowest BCUT2D eigenvalue weighted by atomic mass is 10.00. The summed E-state index contributed by atoms with van der Waals surface area (Å²) < 4.78 is 0. The molecule has 1 aromatic carbocycles. The molecule has 0 heterocycles. The number of ketones is 1. The largest absolute Gasteiger partial charge is 0.481 e. The highest BCUT2D eigenvalue weighted by atomic mass is 35.5. The molecule has 1 atom stereocenters. The maximum absolute atomic E-state index is 11.5. The molecule has 0 aromatic heterocycles. The minimum Gasteiger partial charge on any atom is -0.481 e.